The molecule has 0 spiro atoms. The average Bonchev–Trinajstić information content (AvgIpc) is 2.58. The molecule has 0 saturated carbocycles. The molecule has 1 aromatic carbocycles. The average molecular weight is 469 g/mol. The number of halogens is 2. The predicted octanol–water partition coefficient (Wildman–Crippen LogP) is 4.32. The van der Waals surface area contributed by atoms with E-state index >= 15 is 0 Å². The summed E-state index contributed by atoms with van der Waals surface area (Å²) in [7, 11) is 0. The molecule has 0 fully saturated rings. The summed E-state index contributed by atoms with van der Waals surface area (Å²) in [5.74, 6) is -0.866. The molecule has 1 heterocycles. The van der Waals surface area contributed by atoms with Crippen LogP contribution in [-0.2, 0) is 20.7 Å². The van der Waals surface area contributed by atoms with Crippen LogP contribution >= 0.6 is 15.9 Å². The summed E-state index contributed by atoms with van der Waals surface area (Å²) in [6, 6.07) is 4.37. The Morgan fingerprint density at radius 2 is 1.86 bits per heavy atom. The first-order valence-corrected chi connectivity index (χ1v) is 10.1. The number of dihydropyridines is 1. The second-order valence-corrected chi connectivity index (χ2v) is 8.86. The standard InChI is InChI=1S/C21H26BrFN2O4/c1-12(2)28-19(26)18-17(25-20(27)29-21(3,4)5)16(22)14(11-24-18)10-13-6-8-15(23)9-7-13/h6-9,11-12,17-18H,10H2,1-5H3,(H,25,27). The molecule has 1 aromatic rings. The van der Waals surface area contributed by atoms with Crippen molar-refractivity contribution < 1.29 is 23.5 Å². The van der Waals surface area contributed by atoms with Crippen LogP contribution in [-0.4, -0.2) is 42.1 Å². The molecule has 1 aliphatic rings. The molecular weight excluding hydrogens is 443 g/mol. The fourth-order valence-electron chi connectivity index (χ4n) is 2.68. The van der Waals surface area contributed by atoms with E-state index in [2.05, 4.69) is 26.2 Å². The normalized spacial score (nSPS) is 19.3. The SMILES string of the molecule is CC(C)OC(=O)C1N=CC(Cc2ccc(F)cc2)=C(Br)C1NC(=O)OC(C)(C)C. The van der Waals surface area contributed by atoms with Crippen molar-refractivity contribution in [2.45, 2.75) is 64.8 Å². The second-order valence-electron chi connectivity index (χ2n) is 8.01. The van der Waals surface area contributed by atoms with Crippen LogP contribution in [0.4, 0.5) is 9.18 Å². The minimum absolute atomic E-state index is 0.316. The Morgan fingerprint density at radius 1 is 1.24 bits per heavy atom. The molecule has 0 bridgehead atoms. The van der Waals surface area contributed by atoms with Crippen molar-refractivity contribution in [3.63, 3.8) is 0 Å². The fraction of sp³-hybridized carbons (Fsp3) is 0.476. The predicted molar refractivity (Wildman–Crippen MR) is 113 cm³/mol. The lowest BCUT2D eigenvalue weighted by Gasteiger charge is -2.30. The van der Waals surface area contributed by atoms with Crippen molar-refractivity contribution in [3.05, 3.63) is 45.7 Å². The largest absolute Gasteiger partial charge is 0.461 e. The molecule has 0 aromatic heterocycles. The molecule has 2 atom stereocenters. The molecule has 1 N–H and O–H groups in total. The van der Waals surface area contributed by atoms with Crippen LogP contribution in [0.5, 0.6) is 0 Å². The van der Waals surface area contributed by atoms with Gasteiger partial charge in [-0.1, -0.05) is 28.1 Å². The molecular formula is C21H26BrFN2O4. The van der Waals surface area contributed by atoms with Gasteiger partial charge >= 0.3 is 12.1 Å². The number of carbonyl (C=O) groups excluding carboxylic acids is 2. The van der Waals surface area contributed by atoms with Gasteiger partial charge in [-0.05, 0) is 64.3 Å². The first-order valence-electron chi connectivity index (χ1n) is 9.32. The molecule has 0 aliphatic carbocycles. The highest BCUT2D eigenvalue weighted by Crippen LogP contribution is 2.28. The molecule has 158 valence electrons. The number of ether oxygens (including phenoxy) is 2. The zero-order valence-corrected chi connectivity index (χ0v) is 18.7. The molecule has 29 heavy (non-hydrogen) atoms. The number of amides is 1. The maximum atomic E-state index is 13.2. The number of carbonyl (C=O) groups is 2. The maximum Gasteiger partial charge on any atom is 0.408 e. The molecule has 0 radical (unpaired) electrons. The van der Waals surface area contributed by atoms with Crippen molar-refractivity contribution in [2.75, 3.05) is 0 Å². The van der Waals surface area contributed by atoms with Gasteiger partial charge in [-0.15, -0.1) is 0 Å². The topological polar surface area (TPSA) is 77.0 Å². The summed E-state index contributed by atoms with van der Waals surface area (Å²) in [4.78, 5) is 29.2. The molecule has 1 aliphatic heterocycles. The first kappa shape index (κ1) is 23.1. The highest BCUT2D eigenvalue weighted by molar-refractivity contribution is 9.11. The van der Waals surface area contributed by atoms with E-state index in [1.54, 1.807) is 53.0 Å². The molecule has 8 heteroatoms. The Bertz CT molecular complexity index is 813. The highest BCUT2D eigenvalue weighted by atomic mass is 79.9. The number of esters is 1. The number of allylic oxidation sites excluding steroid dienone is 1. The number of nitrogens with zero attached hydrogens (tertiary/aromatic N) is 1. The van der Waals surface area contributed by atoms with Crippen LogP contribution in [0.15, 0.2) is 39.3 Å². The van der Waals surface area contributed by atoms with Crippen molar-refractivity contribution in [3.8, 4) is 0 Å². The quantitative estimate of drug-likeness (QED) is 0.652. The van der Waals surface area contributed by atoms with E-state index in [1.807, 2.05) is 0 Å². The number of alkyl carbamates (subject to hydrolysis) is 1. The Morgan fingerprint density at radius 3 is 2.41 bits per heavy atom. The van der Waals surface area contributed by atoms with Crippen LogP contribution in [0, 0.1) is 5.82 Å². The smallest absolute Gasteiger partial charge is 0.408 e. The van der Waals surface area contributed by atoms with Crippen LogP contribution in [0.25, 0.3) is 0 Å². The minimum atomic E-state index is -0.948. The number of hydrogen-bond acceptors (Lipinski definition) is 5. The zero-order chi connectivity index (χ0) is 21.8. The van der Waals surface area contributed by atoms with E-state index in [4.69, 9.17) is 9.47 Å². The number of nitrogens with one attached hydrogen (secondary N) is 1. The summed E-state index contributed by atoms with van der Waals surface area (Å²) in [5, 5.41) is 2.71. The van der Waals surface area contributed by atoms with E-state index in [0.717, 1.165) is 11.1 Å². The summed E-state index contributed by atoms with van der Waals surface area (Å²) in [5.41, 5.74) is 0.929. The summed E-state index contributed by atoms with van der Waals surface area (Å²) in [6.07, 6.45) is 1.04. The number of hydrogen-bond donors (Lipinski definition) is 1. The van der Waals surface area contributed by atoms with Gasteiger partial charge in [-0.2, -0.15) is 0 Å². The molecule has 2 rings (SSSR count). The number of benzene rings is 1. The lowest BCUT2D eigenvalue weighted by atomic mass is 9.97. The van der Waals surface area contributed by atoms with E-state index in [1.165, 1.54) is 12.1 Å². The van der Waals surface area contributed by atoms with Crippen LogP contribution < -0.4 is 5.32 Å². The second kappa shape index (κ2) is 9.52. The number of rotatable bonds is 5. The summed E-state index contributed by atoms with van der Waals surface area (Å²) in [6.45, 7) is 8.74. The maximum absolute atomic E-state index is 13.2. The van der Waals surface area contributed by atoms with Gasteiger partial charge in [-0.25, -0.2) is 14.0 Å². The molecule has 2 unspecified atom stereocenters. The number of aliphatic imine (C=N–C) groups is 1. The highest BCUT2D eigenvalue weighted by Gasteiger charge is 2.37. The zero-order valence-electron chi connectivity index (χ0n) is 17.2. The Kier molecular flexibility index (Phi) is 7.57. The van der Waals surface area contributed by atoms with Crippen molar-refractivity contribution in [2.24, 2.45) is 4.99 Å². The molecule has 0 saturated heterocycles. The third-order valence-electron chi connectivity index (χ3n) is 3.86. The van der Waals surface area contributed by atoms with Crippen LogP contribution in [0.2, 0.25) is 0 Å². The Balaban J connectivity index is 2.28. The van der Waals surface area contributed by atoms with E-state index in [-0.39, 0.29) is 11.9 Å². The van der Waals surface area contributed by atoms with Crippen LogP contribution in [0.3, 0.4) is 0 Å². The van der Waals surface area contributed by atoms with Gasteiger partial charge in [0, 0.05) is 10.7 Å². The molecule has 6 nitrogen and oxygen atoms in total. The van der Waals surface area contributed by atoms with E-state index in [0.29, 0.717) is 10.9 Å². The Hall–Kier alpha value is -2.22. The lowest BCUT2D eigenvalue weighted by Crippen LogP contribution is -2.50. The summed E-state index contributed by atoms with van der Waals surface area (Å²) >= 11 is 3.51. The van der Waals surface area contributed by atoms with Gasteiger partial charge in [0.1, 0.15) is 11.4 Å². The third-order valence-corrected chi connectivity index (χ3v) is 4.86. The first-order chi connectivity index (χ1) is 13.5. The lowest BCUT2D eigenvalue weighted by molar-refractivity contribution is -0.149. The molecule has 1 amide bonds. The van der Waals surface area contributed by atoms with E-state index in [9.17, 15) is 14.0 Å². The van der Waals surface area contributed by atoms with E-state index < -0.39 is 29.7 Å². The van der Waals surface area contributed by atoms with Crippen molar-refractivity contribution in [1.82, 2.24) is 5.32 Å². The van der Waals surface area contributed by atoms with Gasteiger partial charge in [-0.3, -0.25) is 4.99 Å². The third kappa shape index (κ3) is 6.96. The van der Waals surface area contributed by atoms with Crippen molar-refractivity contribution >= 4 is 34.2 Å². The summed E-state index contributed by atoms with van der Waals surface area (Å²) < 4.78 is 24.4. The van der Waals surface area contributed by atoms with Crippen LogP contribution in [0.1, 0.15) is 40.2 Å². The van der Waals surface area contributed by atoms with Gasteiger partial charge in [0.15, 0.2) is 6.04 Å². The minimum Gasteiger partial charge on any atom is -0.461 e. The van der Waals surface area contributed by atoms with Gasteiger partial charge in [0.05, 0.1) is 12.1 Å². The Labute approximate surface area is 178 Å². The fourth-order valence-corrected chi connectivity index (χ4v) is 3.29. The van der Waals surface area contributed by atoms with Gasteiger partial charge < -0.3 is 14.8 Å². The van der Waals surface area contributed by atoms with Gasteiger partial charge in [0.2, 0.25) is 0 Å². The monoisotopic (exact) mass is 468 g/mol. The van der Waals surface area contributed by atoms with Crippen molar-refractivity contribution in [1.29, 1.82) is 0 Å². The van der Waals surface area contributed by atoms with Gasteiger partial charge in [0.25, 0.3) is 0 Å².